The number of nitrogen functional groups attached to an aromatic ring is 1. The van der Waals surface area contributed by atoms with Gasteiger partial charge in [0, 0.05) is 18.1 Å². The van der Waals surface area contributed by atoms with Crippen molar-refractivity contribution >= 4 is 22.3 Å². The van der Waals surface area contributed by atoms with Crippen LogP contribution >= 0.6 is 0 Å². The van der Waals surface area contributed by atoms with Crippen molar-refractivity contribution < 1.29 is 0 Å². The van der Waals surface area contributed by atoms with Crippen molar-refractivity contribution in [3.05, 3.63) is 42.9 Å². The molecule has 0 spiro atoms. The van der Waals surface area contributed by atoms with Gasteiger partial charge in [-0.15, -0.1) is 5.10 Å². The van der Waals surface area contributed by atoms with Crippen LogP contribution in [-0.4, -0.2) is 26.5 Å². The van der Waals surface area contributed by atoms with E-state index in [9.17, 15) is 0 Å². The summed E-state index contributed by atoms with van der Waals surface area (Å²) in [5, 5.41) is 12.1. The smallest absolute Gasteiger partial charge is 0.0743 e. The van der Waals surface area contributed by atoms with Crippen LogP contribution < -0.4 is 11.1 Å². The maximum atomic E-state index is 5.99. The Bertz CT molecular complexity index is 677. The van der Waals surface area contributed by atoms with E-state index in [1.54, 1.807) is 17.1 Å². The fraction of sp³-hybridized carbons (Fsp3) is 0.154. The number of benzene rings is 1. The van der Waals surface area contributed by atoms with Crippen molar-refractivity contribution in [2.75, 3.05) is 17.6 Å². The van der Waals surface area contributed by atoms with Crippen LogP contribution in [0.5, 0.6) is 0 Å². The van der Waals surface area contributed by atoms with Crippen LogP contribution in [0.25, 0.3) is 10.9 Å². The van der Waals surface area contributed by atoms with E-state index in [-0.39, 0.29) is 0 Å². The molecule has 6 heteroatoms. The second-order valence-corrected chi connectivity index (χ2v) is 4.20. The first-order valence-electron chi connectivity index (χ1n) is 6.06. The largest absolute Gasteiger partial charge is 0.396 e. The second-order valence-electron chi connectivity index (χ2n) is 4.20. The number of hydrogen-bond donors (Lipinski definition) is 2. The summed E-state index contributed by atoms with van der Waals surface area (Å²) in [4.78, 5) is 4.31. The molecule has 3 rings (SSSR count). The summed E-state index contributed by atoms with van der Waals surface area (Å²) in [6.07, 6.45) is 5.17. The average molecular weight is 254 g/mol. The molecule has 0 aliphatic carbocycles. The lowest BCUT2D eigenvalue weighted by Gasteiger charge is -2.11. The summed E-state index contributed by atoms with van der Waals surface area (Å²) in [6.45, 7) is 1.46. The number of rotatable bonds is 4. The highest BCUT2D eigenvalue weighted by Crippen LogP contribution is 2.27. The molecule has 2 heterocycles. The molecule has 0 amide bonds. The number of pyridine rings is 1. The molecule has 0 unspecified atom stereocenters. The van der Waals surface area contributed by atoms with E-state index in [0.717, 1.165) is 29.7 Å². The van der Waals surface area contributed by atoms with Crippen LogP contribution in [0.2, 0.25) is 0 Å². The van der Waals surface area contributed by atoms with Crippen molar-refractivity contribution in [1.29, 1.82) is 0 Å². The van der Waals surface area contributed by atoms with Crippen molar-refractivity contribution in [3.63, 3.8) is 0 Å². The summed E-state index contributed by atoms with van der Waals surface area (Å²) in [6, 6.07) is 7.92. The Kier molecular flexibility index (Phi) is 2.97. The molecule has 0 fully saturated rings. The zero-order valence-corrected chi connectivity index (χ0v) is 10.3. The van der Waals surface area contributed by atoms with Gasteiger partial charge >= 0.3 is 0 Å². The highest BCUT2D eigenvalue weighted by molar-refractivity contribution is 5.96. The first kappa shape index (κ1) is 11.5. The van der Waals surface area contributed by atoms with Crippen molar-refractivity contribution in [2.45, 2.75) is 6.54 Å². The fourth-order valence-electron chi connectivity index (χ4n) is 2.00. The topological polar surface area (TPSA) is 81.6 Å². The zero-order chi connectivity index (χ0) is 13.1. The van der Waals surface area contributed by atoms with Gasteiger partial charge in [-0.05, 0) is 6.07 Å². The SMILES string of the molecule is Nc1cnc2ccccc2c1NCCn1ccnn1. The number of nitrogens with zero attached hydrogens (tertiary/aromatic N) is 4. The Hall–Kier alpha value is -2.63. The molecule has 96 valence electrons. The lowest BCUT2D eigenvalue weighted by Crippen LogP contribution is -2.12. The van der Waals surface area contributed by atoms with Gasteiger partial charge in [0.25, 0.3) is 0 Å². The Morgan fingerprint density at radius 1 is 1.26 bits per heavy atom. The minimum Gasteiger partial charge on any atom is -0.396 e. The molecule has 2 aromatic heterocycles. The molecule has 1 aromatic carbocycles. The van der Waals surface area contributed by atoms with E-state index in [1.165, 1.54) is 0 Å². The predicted octanol–water partition coefficient (Wildman–Crippen LogP) is 1.52. The van der Waals surface area contributed by atoms with E-state index in [1.807, 2.05) is 30.5 Å². The van der Waals surface area contributed by atoms with Crippen molar-refractivity contribution in [1.82, 2.24) is 20.0 Å². The van der Waals surface area contributed by atoms with Crippen LogP contribution in [0.15, 0.2) is 42.9 Å². The number of hydrogen-bond acceptors (Lipinski definition) is 5. The summed E-state index contributed by atoms with van der Waals surface area (Å²) in [5.74, 6) is 0. The molecule has 0 saturated carbocycles. The normalized spacial score (nSPS) is 10.7. The maximum Gasteiger partial charge on any atom is 0.0743 e. The molecule has 0 radical (unpaired) electrons. The van der Waals surface area contributed by atoms with Gasteiger partial charge in [-0.3, -0.25) is 9.67 Å². The minimum absolute atomic E-state index is 0.650. The predicted molar refractivity (Wildman–Crippen MR) is 74.7 cm³/mol. The molecule has 0 bridgehead atoms. The standard InChI is InChI=1S/C13H14N6/c14-11-9-16-12-4-2-1-3-10(12)13(11)15-5-7-19-8-6-17-18-19/h1-4,6,8-9H,5,7,14H2,(H,15,16). The number of nitrogens with two attached hydrogens (primary N) is 1. The van der Waals surface area contributed by atoms with E-state index in [4.69, 9.17) is 5.73 Å². The average Bonchev–Trinajstić information content (AvgIpc) is 2.94. The van der Waals surface area contributed by atoms with Crippen LogP contribution in [-0.2, 0) is 6.54 Å². The molecule has 19 heavy (non-hydrogen) atoms. The van der Waals surface area contributed by atoms with E-state index < -0.39 is 0 Å². The van der Waals surface area contributed by atoms with Crippen LogP contribution in [0.4, 0.5) is 11.4 Å². The van der Waals surface area contributed by atoms with Crippen LogP contribution in [0, 0.1) is 0 Å². The zero-order valence-electron chi connectivity index (χ0n) is 10.3. The Labute approximate surface area is 110 Å². The van der Waals surface area contributed by atoms with Crippen molar-refractivity contribution in [3.8, 4) is 0 Å². The van der Waals surface area contributed by atoms with Gasteiger partial charge in [-0.25, -0.2) is 0 Å². The molecule has 0 saturated heterocycles. The molecule has 6 nitrogen and oxygen atoms in total. The van der Waals surface area contributed by atoms with Crippen LogP contribution in [0.3, 0.4) is 0 Å². The number of anilines is 2. The Morgan fingerprint density at radius 3 is 3.00 bits per heavy atom. The molecular formula is C13H14N6. The number of fused-ring (bicyclic) bond motifs is 1. The molecular weight excluding hydrogens is 240 g/mol. The highest BCUT2D eigenvalue weighted by atomic mass is 15.4. The van der Waals surface area contributed by atoms with Gasteiger partial charge in [-0.2, -0.15) is 0 Å². The maximum absolute atomic E-state index is 5.99. The molecule has 0 aliphatic rings. The van der Waals surface area contributed by atoms with Gasteiger partial charge < -0.3 is 11.1 Å². The second kappa shape index (κ2) is 4.93. The fourth-order valence-corrected chi connectivity index (χ4v) is 2.00. The summed E-state index contributed by atoms with van der Waals surface area (Å²) in [7, 11) is 0. The summed E-state index contributed by atoms with van der Waals surface area (Å²) >= 11 is 0. The van der Waals surface area contributed by atoms with Gasteiger partial charge in [0.15, 0.2) is 0 Å². The van der Waals surface area contributed by atoms with Crippen LogP contribution in [0.1, 0.15) is 0 Å². The van der Waals surface area contributed by atoms with E-state index >= 15 is 0 Å². The van der Waals surface area contributed by atoms with Gasteiger partial charge in [0.2, 0.25) is 0 Å². The molecule has 3 N–H and O–H groups in total. The van der Waals surface area contributed by atoms with Gasteiger partial charge in [-0.1, -0.05) is 23.4 Å². The lowest BCUT2D eigenvalue weighted by molar-refractivity contribution is 0.609. The van der Waals surface area contributed by atoms with E-state index in [0.29, 0.717) is 5.69 Å². The number of aromatic nitrogens is 4. The third kappa shape index (κ3) is 2.33. The summed E-state index contributed by atoms with van der Waals surface area (Å²) in [5.41, 5.74) is 8.49. The summed E-state index contributed by atoms with van der Waals surface area (Å²) < 4.78 is 1.77. The highest BCUT2D eigenvalue weighted by Gasteiger charge is 2.05. The molecule has 3 aromatic rings. The van der Waals surface area contributed by atoms with E-state index in [2.05, 4.69) is 20.6 Å². The molecule has 0 aliphatic heterocycles. The third-order valence-electron chi connectivity index (χ3n) is 2.92. The third-order valence-corrected chi connectivity index (χ3v) is 2.92. The van der Waals surface area contributed by atoms with Crippen molar-refractivity contribution in [2.24, 2.45) is 0 Å². The van der Waals surface area contributed by atoms with Gasteiger partial charge in [0.05, 0.1) is 35.8 Å². The molecule has 0 atom stereocenters. The first-order chi connectivity index (χ1) is 9.34. The Morgan fingerprint density at radius 2 is 2.16 bits per heavy atom. The Balaban J connectivity index is 1.81. The quantitative estimate of drug-likeness (QED) is 0.737. The van der Waals surface area contributed by atoms with Gasteiger partial charge in [0.1, 0.15) is 0 Å². The number of nitrogens with one attached hydrogen (secondary N) is 1. The minimum atomic E-state index is 0.650. The monoisotopic (exact) mass is 254 g/mol. The lowest BCUT2D eigenvalue weighted by atomic mass is 10.1. The number of para-hydroxylation sites is 1. The first-order valence-corrected chi connectivity index (χ1v) is 6.06.